The van der Waals surface area contributed by atoms with Crippen LogP contribution in [0.5, 0.6) is 0 Å². The number of carbonyl (C=O) groups is 1. The van der Waals surface area contributed by atoms with Gasteiger partial charge in [0, 0.05) is 29.0 Å². The number of halogens is 6. The van der Waals surface area contributed by atoms with Gasteiger partial charge in [0.15, 0.2) is 6.29 Å². The zero-order chi connectivity index (χ0) is 22.7. The van der Waals surface area contributed by atoms with Gasteiger partial charge in [0.25, 0.3) is 0 Å². The quantitative estimate of drug-likeness (QED) is 0.279. The van der Waals surface area contributed by atoms with Crippen LogP contribution in [-0.4, -0.2) is 16.5 Å². The Balaban J connectivity index is 0.000000225. The van der Waals surface area contributed by atoms with Crippen LogP contribution >= 0.6 is 82.6 Å². The summed E-state index contributed by atoms with van der Waals surface area (Å²) in [7, 11) is 0. The smallest absolute Gasteiger partial charge is 0.151 e. The number of hydrogen-bond donors (Lipinski definition) is 2. The first kappa shape index (κ1) is 27.6. The molecule has 3 aromatic carbocycles. The van der Waals surface area contributed by atoms with E-state index < -0.39 is 0 Å². The molecule has 0 radical (unpaired) electrons. The maximum atomic E-state index is 10.2. The Hall–Kier alpha value is -0.440. The van der Waals surface area contributed by atoms with Gasteiger partial charge in [-0.15, -0.1) is 0 Å². The maximum absolute atomic E-state index is 10.2. The normalized spacial score (nSPS) is 9.73. The van der Waals surface area contributed by atoms with Crippen molar-refractivity contribution in [3.8, 4) is 0 Å². The highest BCUT2D eigenvalue weighted by molar-refractivity contribution is 9.11. The third kappa shape index (κ3) is 9.79. The van der Waals surface area contributed by atoms with Crippen molar-refractivity contribution in [2.75, 3.05) is 0 Å². The number of carbonyl (C=O) groups excluding carboxylic acids is 1. The van der Waals surface area contributed by atoms with Crippen LogP contribution in [0.2, 0.25) is 15.1 Å². The van der Waals surface area contributed by atoms with Gasteiger partial charge < -0.3 is 10.2 Å². The molecule has 3 nitrogen and oxygen atoms in total. The molecule has 0 unspecified atom stereocenters. The zero-order valence-electron chi connectivity index (χ0n) is 15.3. The number of benzene rings is 3. The second-order valence-electron chi connectivity index (χ2n) is 5.57. The predicted octanol–water partition coefficient (Wildman–Crippen LogP) is 8.10. The molecule has 0 aromatic heterocycles. The summed E-state index contributed by atoms with van der Waals surface area (Å²) < 4.78 is 2.73. The molecule has 0 aliphatic carbocycles. The van der Waals surface area contributed by atoms with E-state index >= 15 is 0 Å². The Bertz CT molecular complexity index is 933. The third-order valence-corrected chi connectivity index (χ3v) is 5.97. The van der Waals surface area contributed by atoms with E-state index in [0.29, 0.717) is 20.6 Å². The Kier molecular flexibility index (Phi) is 13.4. The van der Waals surface area contributed by atoms with Crippen molar-refractivity contribution in [1.82, 2.24) is 0 Å². The lowest BCUT2D eigenvalue weighted by molar-refractivity contribution is 0.112. The van der Waals surface area contributed by atoms with Crippen LogP contribution in [0.25, 0.3) is 0 Å². The fraction of sp³-hybridized carbons (Fsp3) is 0.0952. The summed E-state index contributed by atoms with van der Waals surface area (Å²) in [6, 6.07) is 15.9. The number of aliphatic hydroxyl groups excluding tert-OH is 2. The molecular weight excluding hydrogens is 646 g/mol. The molecule has 2 N–H and O–H groups in total. The molecule has 0 saturated carbocycles. The van der Waals surface area contributed by atoms with E-state index in [-0.39, 0.29) is 13.2 Å². The molecule has 0 amide bonds. The lowest BCUT2D eigenvalue weighted by atomic mass is 10.2. The van der Waals surface area contributed by atoms with Gasteiger partial charge in [-0.25, -0.2) is 0 Å². The minimum Gasteiger partial charge on any atom is -0.392 e. The Morgan fingerprint density at radius 3 is 1.33 bits per heavy atom. The number of rotatable bonds is 3. The van der Waals surface area contributed by atoms with Crippen LogP contribution in [-0.2, 0) is 13.2 Å². The fourth-order valence-electron chi connectivity index (χ4n) is 1.90. The summed E-state index contributed by atoms with van der Waals surface area (Å²) in [6.45, 7) is -0.0156. The fourth-order valence-corrected chi connectivity index (χ4v) is 4.08. The highest BCUT2D eigenvalue weighted by Gasteiger charge is 1.98. The average Bonchev–Trinajstić information content (AvgIpc) is 2.69. The van der Waals surface area contributed by atoms with E-state index in [2.05, 4.69) is 47.8 Å². The first-order valence-corrected chi connectivity index (χ1v) is 11.7. The molecule has 9 heteroatoms. The molecule has 30 heavy (non-hydrogen) atoms. The molecule has 0 saturated heterocycles. The Labute approximate surface area is 215 Å². The first-order valence-electron chi connectivity index (χ1n) is 8.21. The second-order valence-corrected chi connectivity index (χ2v) is 9.54. The molecule has 0 aliphatic rings. The molecule has 0 atom stereocenters. The molecule has 0 fully saturated rings. The van der Waals surface area contributed by atoms with Gasteiger partial charge >= 0.3 is 0 Å². The van der Waals surface area contributed by atoms with Crippen LogP contribution < -0.4 is 0 Å². The van der Waals surface area contributed by atoms with E-state index in [1.54, 1.807) is 42.5 Å². The lowest BCUT2D eigenvalue weighted by Crippen LogP contribution is -1.82. The van der Waals surface area contributed by atoms with Crippen molar-refractivity contribution >= 4 is 88.9 Å². The monoisotopic (exact) mass is 658 g/mol. The highest BCUT2D eigenvalue weighted by atomic mass is 79.9. The van der Waals surface area contributed by atoms with Crippen LogP contribution in [0, 0.1) is 0 Å². The summed E-state index contributed by atoms with van der Waals surface area (Å²) in [6.07, 6.45) is 0.731. The standard InChI is InChI=1S/2C7H6BrClO.C7H4BrClO/c3*8-6-2-1-5(4-10)7(9)3-6/h2*1-3,10H,4H2;1-4H. The third-order valence-electron chi connectivity index (χ3n) is 3.46. The summed E-state index contributed by atoms with van der Waals surface area (Å²) in [5, 5.41) is 19.1. The topological polar surface area (TPSA) is 57.5 Å². The lowest BCUT2D eigenvalue weighted by Gasteiger charge is -1.98. The van der Waals surface area contributed by atoms with Crippen LogP contribution in [0.15, 0.2) is 68.0 Å². The van der Waals surface area contributed by atoms with Crippen molar-refractivity contribution in [2.24, 2.45) is 0 Å². The van der Waals surface area contributed by atoms with E-state index in [1.165, 1.54) is 0 Å². The van der Waals surface area contributed by atoms with Crippen molar-refractivity contribution in [3.63, 3.8) is 0 Å². The van der Waals surface area contributed by atoms with Gasteiger partial charge in [-0.2, -0.15) is 0 Å². The predicted molar refractivity (Wildman–Crippen MR) is 135 cm³/mol. The van der Waals surface area contributed by atoms with Gasteiger partial charge in [0.05, 0.1) is 18.2 Å². The maximum Gasteiger partial charge on any atom is 0.151 e. The van der Waals surface area contributed by atoms with Gasteiger partial charge in [-0.1, -0.05) is 94.7 Å². The van der Waals surface area contributed by atoms with Crippen LogP contribution in [0.4, 0.5) is 0 Å². The number of aldehydes is 1. The summed E-state index contributed by atoms with van der Waals surface area (Å²) >= 11 is 26.9. The average molecular weight is 662 g/mol. The van der Waals surface area contributed by atoms with Crippen molar-refractivity contribution in [2.45, 2.75) is 13.2 Å². The SMILES string of the molecule is O=Cc1ccc(Br)cc1Cl.OCc1ccc(Br)cc1Cl.OCc1ccc(Br)cc1Cl. The molecule has 0 heterocycles. The summed E-state index contributed by atoms with van der Waals surface area (Å²) in [5.74, 6) is 0. The van der Waals surface area contributed by atoms with Gasteiger partial charge in [0.2, 0.25) is 0 Å². The van der Waals surface area contributed by atoms with Crippen molar-refractivity contribution < 1.29 is 15.0 Å². The van der Waals surface area contributed by atoms with E-state index in [1.807, 2.05) is 12.1 Å². The minimum atomic E-state index is -0.00782. The van der Waals surface area contributed by atoms with Crippen molar-refractivity contribution in [3.05, 3.63) is 99.8 Å². The summed E-state index contributed by atoms with van der Waals surface area (Å²) in [4.78, 5) is 10.2. The van der Waals surface area contributed by atoms with Crippen molar-refractivity contribution in [1.29, 1.82) is 0 Å². The highest BCUT2D eigenvalue weighted by Crippen LogP contribution is 2.22. The molecule has 3 aromatic rings. The molecule has 0 aliphatic heterocycles. The molecule has 3 rings (SSSR count). The Morgan fingerprint density at radius 2 is 1.03 bits per heavy atom. The van der Waals surface area contributed by atoms with Gasteiger partial charge in [-0.05, 0) is 53.6 Å². The summed E-state index contributed by atoms with van der Waals surface area (Å²) in [5.41, 5.74) is 2.03. The van der Waals surface area contributed by atoms with Gasteiger partial charge in [-0.3, -0.25) is 4.79 Å². The largest absolute Gasteiger partial charge is 0.392 e. The van der Waals surface area contributed by atoms with Crippen LogP contribution in [0.1, 0.15) is 21.5 Å². The van der Waals surface area contributed by atoms with Gasteiger partial charge in [0.1, 0.15) is 0 Å². The second kappa shape index (κ2) is 14.6. The van der Waals surface area contributed by atoms with E-state index in [0.717, 1.165) is 30.8 Å². The zero-order valence-corrected chi connectivity index (χ0v) is 22.3. The van der Waals surface area contributed by atoms with Crippen LogP contribution in [0.3, 0.4) is 0 Å². The minimum absolute atomic E-state index is 0.00782. The molecule has 160 valence electrons. The van der Waals surface area contributed by atoms with E-state index in [4.69, 9.17) is 45.0 Å². The first-order chi connectivity index (χ1) is 14.2. The number of aliphatic hydroxyl groups is 2. The Morgan fingerprint density at radius 1 is 0.667 bits per heavy atom. The van der Waals surface area contributed by atoms with E-state index in [9.17, 15) is 4.79 Å². The molecular formula is C21H16Br3Cl3O3. The molecule has 0 spiro atoms. The molecule has 0 bridgehead atoms. The number of hydrogen-bond acceptors (Lipinski definition) is 3.